The fraction of sp³-hybridized carbons (Fsp3) is 0.0476. The maximum atomic E-state index is 12.5. The molecule has 2 heterocycles. The zero-order valence-electron chi connectivity index (χ0n) is 14.6. The molecule has 0 aliphatic heterocycles. The quantitative estimate of drug-likeness (QED) is 0.383. The molecule has 28 heavy (non-hydrogen) atoms. The smallest absolute Gasteiger partial charge is 0.230 e. The molecule has 1 amide bonds. The third-order valence-electron chi connectivity index (χ3n) is 3.84. The summed E-state index contributed by atoms with van der Waals surface area (Å²) in [6, 6.07) is 18.5. The van der Waals surface area contributed by atoms with Crippen LogP contribution >= 0.6 is 34.3 Å². The molecule has 0 spiro atoms. The minimum absolute atomic E-state index is 0.154. The van der Waals surface area contributed by atoms with Gasteiger partial charge in [-0.15, -0.1) is 22.7 Å². The van der Waals surface area contributed by atoms with Crippen LogP contribution in [0.25, 0.3) is 9.88 Å². The summed E-state index contributed by atoms with van der Waals surface area (Å²) in [5.41, 5.74) is 1.33. The molecular formula is C21H15ClN2O2S2. The summed E-state index contributed by atoms with van der Waals surface area (Å²) >= 11 is 9.34. The lowest BCUT2D eigenvalue weighted by Crippen LogP contribution is -2.15. The second kappa shape index (κ2) is 8.56. The van der Waals surface area contributed by atoms with Crippen LogP contribution in [0.3, 0.4) is 0 Å². The highest BCUT2D eigenvalue weighted by Crippen LogP contribution is 2.33. The number of hydrogen-bond donors (Lipinski definition) is 1. The Balaban J connectivity index is 1.46. The van der Waals surface area contributed by atoms with Crippen LogP contribution in [0.15, 0.2) is 71.4 Å². The molecule has 0 saturated heterocycles. The standard InChI is InChI=1S/C21H15ClN2O2S2/c22-15-6-1-3-8-17(15)26-18-9-4-2-7-16(18)24-20(25)12-14-13-28-21(23-14)19-10-5-11-27-19/h1-11,13H,12H2,(H,24,25). The van der Waals surface area contributed by atoms with Crippen molar-refractivity contribution in [2.75, 3.05) is 5.32 Å². The molecule has 2 aromatic heterocycles. The van der Waals surface area contributed by atoms with Gasteiger partial charge in [0.15, 0.2) is 5.75 Å². The summed E-state index contributed by atoms with van der Waals surface area (Å²) in [6.07, 6.45) is 0.197. The fourth-order valence-electron chi connectivity index (χ4n) is 2.57. The fourth-order valence-corrected chi connectivity index (χ4v) is 4.37. The van der Waals surface area contributed by atoms with Gasteiger partial charge < -0.3 is 10.1 Å². The minimum atomic E-state index is -0.154. The predicted octanol–water partition coefficient (Wildman–Crippen LogP) is 6.50. The van der Waals surface area contributed by atoms with Gasteiger partial charge in [0.05, 0.1) is 27.7 Å². The number of carbonyl (C=O) groups excluding carboxylic acids is 1. The van der Waals surface area contributed by atoms with Crippen LogP contribution in [-0.4, -0.2) is 10.9 Å². The number of nitrogens with zero attached hydrogens (tertiary/aromatic N) is 1. The van der Waals surface area contributed by atoms with Crippen LogP contribution < -0.4 is 10.1 Å². The highest BCUT2D eigenvalue weighted by Gasteiger charge is 2.13. The summed E-state index contributed by atoms with van der Waals surface area (Å²) < 4.78 is 5.89. The van der Waals surface area contributed by atoms with Crippen molar-refractivity contribution in [3.05, 3.63) is 82.1 Å². The molecule has 0 fully saturated rings. The van der Waals surface area contributed by atoms with Crippen molar-refractivity contribution in [3.63, 3.8) is 0 Å². The van der Waals surface area contributed by atoms with Gasteiger partial charge in [-0.05, 0) is 35.7 Å². The zero-order chi connectivity index (χ0) is 19.3. The monoisotopic (exact) mass is 426 g/mol. The van der Waals surface area contributed by atoms with Crippen LogP contribution in [-0.2, 0) is 11.2 Å². The van der Waals surface area contributed by atoms with Gasteiger partial charge in [-0.3, -0.25) is 4.79 Å². The first-order valence-corrected chi connectivity index (χ1v) is 10.6. The van der Waals surface area contributed by atoms with E-state index in [1.807, 2.05) is 47.2 Å². The maximum absolute atomic E-state index is 12.5. The maximum Gasteiger partial charge on any atom is 0.230 e. The van der Waals surface area contributed by atoms with Crippen LogP contribution in [0.4, 0.5) is 5.69 Å². The average molecular weight is 427 g/mol. The molecule has 0 saturated carbocycles. The van der Waals surface area contributed by atoms with E-state index in [1.54, 1.807) is 46.9 Å². The topological polar surface area (TPSA) is 51.2 Å². The number of ether oxygens (including phenoxy) is 1. The van der Waals surface area contributed by atoms with Gasteiger partial charge in [0.1, 0.15) is 10.8 Å². The first-order chi connectivity index (χ1) is 13.7. The number of thiophene rings is 1. The van der Waals surface area contributed by atoms with Gasteiger partial charge in [0.25, 0.3) is 0 Å². The number of halogens is 1. The summed E-state index contributed by atoms with van der Waals surface area (Å²) in [6.45, 7) is 0. The third kappa shape index (κ3) is 4.42. The zero-order valence-corrected chi connectivity index (χ0v) is 17.0. The summed E-state index contributed by atoms with van der Waals surface area (Å²) in [5.74, 6) is 0.908. The molecule has 0 aliphatic carbocycles. The lowest BCUT2D eigenvalue weighted by molar-refractivity contribution is -0.115. The Hall–Kier alpha value is -2.67. The Morgan fingerprint density at radius 1 is 1.00 bits per heavy atom. The Kier molecular flexibility index (Phi) is 5.71. The largest absolute Gasteiger partial charge is 0.454 e. The SMILES string of the molecule is O=C(Cc1csc(-c2cccs2)n1)Nc1ccccc1Oc1ccccc1Cl. The van der Waals surface area contributed by atoms with Crippen molar-refractivity contribution in [2.24, 2.45) is 0 Å². The molecule has 4 aromatic rings. The van der Waals surface area contributed by atoms with Crippen molar-refractivity contribution in [2.45, 2.75) is 6.42 Å². The number of nitrogens with one attached hydrogen (secondary N) is 1. The molecule has 4 rings (SSSR count). The van der Waals surface area contributed by atoms with E-state index in [1.165, 1.54) is 0 Å². The first-order valence-electron chi connectivity index (χ1n) is 8.48. The number of benzene rings is 2. The van der Waals surface area contributed by atoms with Crippen molar-refractivity contribution in [1.82, 2.24) is 4.98 Å². The molecule has 1 N–H and O–H groups in total. The number of thiazole rings is 1. The van der Waals surface area contributed by atoms with E-state index in [9.17, 15) is 4.79 Å². The van der Waals surface area contributed by atoms with E-state index < -0.39 is 0 Å². The lowest BCUT2D eigenvalue weighted by atomic mass is 10.2. The summed E-state index contributed by atoms with van der Waals surface area (Å²) in [7, 11) is 0. The number of rotatable bonds is 6. The molecule has 0 aliphatic rings. The normalized spacial score (nSPS) is 10.6. The molecule has 7 heteroatoms. The van der Waals surface area contributed by atoms with Crippen molar-refractivity contribution >= 4 is 45.9 Å². The molecule has 2 aromatic carbocycles. The molecule has 0 atom stereocenters. The third-order valence-corrected chi connectivity index (χ3v) is 6.09. The van der Waals surface area contributed by atoms with E-state index in [4.69, 9.17) is 16.3 Å². The van der Waals surface area contributed by atoms with Gasteiger partial charge in [-0.1, -0.05) is 41.9 Å². The first kappa shape index (κ1) is 18.7. The van der Waals surface area contributed by atoms with E-state index in [0.717, 1.165) is 15.6 Å². The molecule has 0 radical (unpaired) electrons. The van der Waals surface area contributed by atoms with E-state index in [-0.39, 0.29) is 12.3 Å². The van der Waals surface area contributed by atoms with Crippen molar-refractivity contribution < 1.29 is 9.53 Å². The van der Waals surface area contributed by atoms with Gasteiger partial charge >= 0.3 is 0 Å². The number of para-hydroxylation sites is 3. The Labute approximate surface area is 175 Å². The Bertz CT molecular complexity index is 1090. The van der Waals surface area contributed by atoms with Crippen molar-refractivity contribution in [1.29, 1.82) is 0 Å². The minimum Gasteiger partial charge on any atom is -0.454 e. The van der Waals surface area contributed by atoms with Gasteiger partial charge in [-0.2, -0.15) is 0 Å². The van der Waals surface area contributed by atoms with Gasteiger partial charge in [0.2, 0.25) is 5.91 Å². The van der Waals surface area contributed by atoms with E-state index in [0.29, 0.717) is 22.2 Å². The van der Waals surface area contributed by atoms with Crippen LogP contribution in [0, 0.1) is 0 Å². The molecule has 0 bridgehead atoms. The average Bonchev–Trinajstić information content (AvgIpc) is 3.37. The van der Waals surface area contributed by atoms with Gasteiger partial charge in [-0.25, -0.2) is 4.98 Å². The van der Waals surface area contributed by atoms with E-state index in [2.05, 4.69) is 10.3 Å². The molecular weight excluding hydrogens is 412 g/mol. The predicted molar refractivity (Wildman–Crippen MR) is 116 cm³/mol. The molecule has 4 nitrogen and oxygen atoms in total. The van der Waals surface area contributed by atoms with Crippen molar-refractivity contribution in [3.8, 4) is 21.4 Å². The number of aromatic nitrogens is 1. The molecule has 0 unspecified atom stereocenters. The number of anilines is 1. The number of carbonyl (C=O) groups is 1. The van der Waals surface area contributed by atoms with Crippen LogP contribution in [0.1, 0.15) is 5.69 Å². The molecule has 140 valence electrons. The van der Waals surface area contributed by atoms with E-state index >= 15 is 0 Å². The van der Waals surface area contributed by atoms with Gasteiger partial charge in [0, 0.05) is 5.38 Å². The second-order valence-corrected chi connectivity index (χ2v) is 8.09. The number of amides is 1. The highest BCUT2D eigenvalue weighted by molar-refractivity contribution is 7.20. The lowest BCUT2D eigenvalue weighted by Gasteiger charge is -2.12. The Morgan fingerprint density at radius 2 is 1.79 bits per heavy atom. The summed E-state index contributed by atoms with van der Waals surface area (Å²) in [4.78, 5) is 18.2. The number of hydrogen-bond acceptors (Lipinski definition) is 5. The Morgan fingerprint density at radius 3 is 2.57 bits per heavy atom. The van der Waals surface area contributed by atoms with Crippen LogP contribution in [0.5, 0.6) is 11.5 Å². The summed E-state index contributed by atoms with van der Waals surface area (Å²) in [5, 5.41) is 8.27. The highest BCUT2D eigenvalue weighted by atomic mass is 35.5. The second-order valence-electron chi connectivity index (χ2n) is 5.87. The van der Waals surface area contributed by atoms with Crippen LogP contribution in [0.2, 0.25) is 5.02 Å².